The summed E-state index contributed by atoms with van der Waals surface area (Å²) < 4.78 is 25.7. The molecule has 1 saturated heterocycles. The molecule has 44 heavy (non-hydrogen) atoms. The Kier molecular flexibility index (Phi) is 7.65. The van der Waals surface area contributed by atoms with Crippen molar-refractivity contribution in [3.63, 3.8) is 0 Å². The highest BCUT2D eigenvalue weighted by molar-refractivity contribution is 7.88. The van der Waals surface area contributed by atoms with Gasteiger partial charge in [0.05, 0.1) is 17.9 Å². The fourth-order valence-corrected chi connectivity index (χ4v) is 8.51. The van der Waals surface area contributed by atoms with Gasteiger partial charge in [0.1, 0.15) is 22.8 Å². The highest BCUT2D eigenvalue weighted by Gasteiger charge is 2.66. The summed E-state index contributed by atoms with van der Waals surface area (Å²) in [6.07, 6.45) is 1.15. The van der Waals surface area contributed by atoms with E-state index in [2.05, 4.69) is 0 Å². The number of likely N-dealkylation sites (N-methyl/N-ethyl adjacent to an activating group) is 1. The lowest BCUT2D eigenvalue weighted by molar-refractivity contribution is -0.151. The number of nitrogens with two attached hydrogens (primary N) is 1. The highest BCUT2D eigenvalue weighted by Crippen LogP contribution is 2.58. The maximum absolute atomic E-state index is 14.4. The summed E-state index contributed by atoms with van der Waals surface area (Å²) in [5.41, 5.74) is 1.38. The molecule has 4 aliphatic rings. The maximum atomic E-state index is 14.4. The number of aliphatic hydroxyl groups is 3. The Morgan fingerprint density at radius 3 is 2.20 bits per heavy atom. The zero-order valence-corrected chi connectivity index (χ0v) is 26.2. The summed E-state index contributed by atoms with van der Waals surface area (Å²) in [6, 6.07) is 1.90. The molecular weight excluding hydrogens is 594 g/mol. The van der Waals surface area contributed by atoms with Crippen molar-refractivity contribution in [1.29, 1.82) is 0 Å². The number of nitrogens with zero attached hydrogens (tertiary/aromatic N) is 4. The summed E-state index contributed by atoms with van der Waals surface area (Å²) >= 11 is 0. The number of ketones is 2. The molecule has 0 saturated carbocycles. The zero-order chi connectivity index (χ0) is 32.7. The molecule has 5 rings (SSSR count). The molecule has 1 aliphatic heterocycles. The lowest BCUT2D eigenvalue weighted by Crippen LogP contribution is -2.66. The van der Waals surface area contributed by atoms with Crippen LogP contribution in [0.25, 0.3) is 0 Å². The number of amides is 1. The molecule has 1 heterocycles. The number of fused-ring (bicyclic) bond motifs is 3. The summed E-state index contributed by atoms with van der Waals surface area (Å²) in [6.45, 7) is 1.16. The van der Waals surface area contributed by atoms with Gasteiger partial charge in [-0.3, -0.25) is 24.2 Å². The lowest BCUT2D eigenvalue weighted by Gasteiger charge is -2.55. The molecule has 3 aliphatic carbocycles. The fraction of sp³-hybridized carbons (Fsp3) is 0.552. The predicted octanol–water partition coefficient (Wildman–Crippen LogP) is -0.866. The minimum absolute atomic E-state index is 0.0711. The van der Waals surface area contributed by atoms with E-state index in [-0.39, 0.29) is 49.4 Å². The number of hydrogen-bond donors (Lipinski definition) is 5. The Morgan fingerprint density at radius 1 is 1.07 bits per heavy atom. The van der Waals surface area contributed by atoms with E-state index in [1.165, 1.54) is 15.3 Å². The van der Waals surface area contributed by atoms with Gasteiger partial charge in [0, 0.05) is 69.4 Å². The minimum Gasteiger partial charge on any atom is -0.510 e. The number of piperazine rings is 1. The van der Waals surface area contributed by atoms with Crippen LogP contribution in [0.15, 0.2) is 34.8 Å². The zero-order valence-electron chi connectivity index (χ0n) is 25.4. The number of rotatable bonds is 6. The van der Waals surface area contributed by atoms with E-state index in [0.29, 0.717) is 24.3 Å². The third kappa shape index (κ3) is 4.60. The first-order valence-electron chi connectivity index (χ1n) is 14.2. The Morgan fingerprint density at radius 2 is 1.68 bits per heavy atom. The number of Topliss-reactive ketones (excluding diaryl/α,β-unsaturated/α-hetero) is 2. The van der Waals surface area contributed by atoms with Crippen LogP contribution in [-0.2, 0) is 26.0 Å². The average molecular weight is 634 g/mol. The van der Waals surface area contributed by atoms with Crippen LogP contribution in [0, 0.1) is 11.3 Å². The maximum Gasteiger partial charge on any atom is 0.255 e. The van der Waals surface area contributed by atoms with Crippen LogP contribution in [0.1, 0.15) is 22.3 Å². The van der Waals surface area contributed by atoms with E-state index in [4.69, 9.17) is 5.73 Å². The molecule has 0 aromatic heterocycles. The van der Waals surface area contributed by atoms with Gasteiger partial charge >= 0.3 is 0 Å². The Labute approximate surface area is 255 Å². The normalized spacial score (nSPS) is 29.9. The van der Waals surface area contributed by atoms with Crippen LogP contribution in [0.5, 0.6) is 5.75 Å². The molecule has 1 aromatic rings. The van der Waals surface area contributed by atoms with Gasteiger partial charge in [-0.05, 0) is 44.6 Å². The van der Waals surface area contributed by atoms with Crippen molar-refractivity contribution in [2.45, 2.75) is 24.5 Å². The van der Waals surface area contributed by atoms with Gasteiger partial charge in [-0.25, -0.2) is 8.42 Å². The van der Waals surface area contributed by atoms with Gasteiger partial charge in [-0.15, -0.1) is 0 Å². The SMILES string of the molecule is CN(C)c1ccc(O)c2c1C[C@@]1(CN3CCN(S(C)(=O)=O)CC3)C[C@H]3[C@H](N(C)C)C(O)=C(C(N)=O)C(=O)[C@@]3(O)C(O)=C1C2=O. The molecule has 14 nitrogen and oxygen atoms in total. The second-order valence-corrected chi connectivity index (χ2v) is 14.7. The molecule has 1 aromatic carbocycles. The van der Waals surface area contributed by atoms with Crippen molar-refractivity contribution >= 4 is 33.2 Å². The van der Waals surface area contributed by atoms with E-state index < -0.39 is 67.6 Å². The number of anilines is 1. The van der Waals surface area contributed by atoms with Crippen LogP contribution in [0.2, 0.25) is 0 Å². The third-order valence-electron chi connectivity index (χ3n) is 9.61. The second kappa shape index (κ2) is 10.5. The number of phenolic OH excluding ortho intramolecular Hbond substituents is 1. The molecule has 0 unspecified atom stereocenters. The molecule has 1 fully saturated rings. The van der Waals surface area contributed by atoms with Crippen molar-refractivity contribution in [2.24, 2.45) is 17.1 Å². The minimum atomic E-state index is -3.43. The van der Waals surface area contributed by atoms with Crippen LogP contribution in [-0.4, -0.2) is 139 Å². The summed E-state index contributed by atoms with van der Waals surface area (Å²) in [5, 5.41) is 46.1. The van der Waals surface area contributed by atoms with Crippen molar-refractivity contribution < 1.29 is 43.2 Å². The number of sulfonamides is 1. The Hall–Kier alpha value is -3.50. The average Bonchev–Trinajstić information content (AvgIpc) is 2.90. The van der Waals surface area contributed by atoms with E-state index >= 15 is 0 Å². The molecule has 1 amide bonds. The van der Waals surface area contributed by atoms with Crippen molar-refractivity contribution in [3.05, 3.63) is 45.9 Å². The van der Waals surface area contributed by atoms with Gasteiger partial charge in [0.15, 0.2) is 11.4 Å². The molecule has 4 atom stereocenters. The number of aliphatic hydroxyl groups excluding tert-OH is 2. The van der Waals surface area contributed by atoms with Crippen LogP contribution in [0.3, 0.4) is 0 Å². The molecule has 0 spiro atoms. The largest absolute Gasteiger partial charge is 0.510 e. The molecule has 0 radical (unpaired) electrons. The van der Waals surface area contributed by atoms with Crippen molar-refractivity contribution in [2.75, 3.05) is 72.1 Å². The van der Waals surface area contributed by atoms with E-state index in [0.717, 1.165) is 6.26 Å². The fourth-order valence-electron chi connectivity index (χ4n) is 7.69. The third-order valence-corrected chi connectivity index (χ3v) is 10.9. The Bertz CT molecular complexity index is 1630. The number of phenols is 1. The molecule has 15 heteroatoms. The van der Waals surface area contributed by atoms with Crippen LogP contribution < -0.4 is 10.6 Å². The van der Waals surface area contributed by atoms with Gasteiger partial charge in [-0.1, -0.05) is 0 Å². The van der Waals surface area contributed by atoms with Crippen molar-refractivity contribution in [3.8, 4) is 5.75 Å². The quantitative estimate of drug-likeness (QED) is 0.243. The standard InChI is InChI=1S/C29H39N5O9S/c1-31(2)17-6-7-18(35)19-15(17)12-28(14-33-8-10-34(11-9-33)44(5,42)43)13-16-22(32(3)4)24(37)20(27(30)40)25(38)29(16,41)26(39)21(28)23(19)36/h6-7,16,22,35,37,39,41H,8-14H2,1-5H3,(H2,30,40)/t16-,22-,28-,29+/m0/s1. The predicted molar refractivity (Wildman–Crippen MR) is 160 cm³/mol. The Balaban J connectivity index is 1.75. The lowest BCUT2D eigenvalue weighted by atomic mass is 9.52. The second-order valence-electron chi connectivity index (χ2n) is 12.7. The van der Waals surface area contributed by atoms with Crippen LogP contribution in [0.4, 0.5) is 5.69 Å². The van der Waals surface area contributed by atoms with Crippen LogP contribution >= 0.6 is 0 Å². The first kappa shape index (κ1) is 31.9. The number of carbonyl (C=O) groups is 3. The first-order chi connectivity index (χ1) is 20.4. The summed E-state index contributed by atoms with van der Waals surface area (Å²) in [5.74, 6) is -6.52. The molecule has 240 valence electrons. The van der Waals surface area contributed by atoms with E-state index in [1.807, 2.05) is 4.90 Å². The van der Waals surface area contributed by atoms with Gasteiger partial charge in [-0.2, -0.15) is 4.31 Å². The number of hydrogen-bond acceptors (Lipinski definition) is 12. The molecule has 0 bridgehead atoms. The number of primary amides is 1. The number of carbonyl (C=O) groups excluding carboxylic acids is 3. The summed E-state index contributed by atoms with van der Waals surface area (Å²) in [7, 11) is 3.29. The van der Waals surface area contributed by atoms with E-state index in [1.54, 1.807) is 39.2 Å². The monoisotopic (exact) mass is 633 g/mol. The number of aromatic hydroxyl groups is 1. The van der Waals surface area contributed by atoms with Gasteiger partial charge < -0.3 is 31.1 Å². The van der Waals surface area contributed by atoms with Gasteiger partial charge in [0.25, 0.3) is 5.91 Å². The first-order valence-corrected chi connectivity index (χ1v) is 16.1. The number of benzene rings is 1. The molecular formula is C29H39N5O9S. The van der Waals surface area contributed by atoms with Crippen molar-refractivity contribution in [1.82, 2.24) is 14.1 Å². The smallest absolute Gasteiger partial charge is 0.255 e. The highest BCUT2D eigenvalue weighted by atomic mass is 32.2. The van der Waals surface area contributed by atoms with E-state index in [9.17, 15) is 43.2 Å². The summed E-state index contributed by atoms with van der Waals surface area (Å²) in [4.78, 5) is 45.8. The van der Waals surface area contributed by atoms with Gasteiger partial charge in [0.2, 0.25) is 15.8 Å². The topological polar surface area (TPSA) is 205 Å². The molecule has 6 N–H and O–H groups in total.